The Labute approximate surface area is 201 Å². The maximum Gasteiger partial charge on any atom is 0.319 e. The molecule has 2 aromatic carbocycles. The number of hydrogen-bond acceptors (Lipinski definition) is 6. The van der Waals surface area contributed by atoms with Gasteiger partial charge in [0.05, 0.1) is 12.5 Å². The molecule has 35 heavy (non-hydrogen) atoms. The number of hydrogen-bond donors (Lipinski definition) is 4. The molecular weight excluding hydrogens is 462 g/mol. The van der Waals surface area contributed by atoms with Gasteiger partial charge in [-0.25, -0.2) is 13.6 Å². The quantitative estimate of drug-likeness (QED) is 0.486. The van der Waals surface area contributed by atoms with E-state index in [2.05, 4.69) is 15.5 Å². The fraction of sp³-hybridized carbons (Fsp3) is 0.417. The fourth-order valence-corrected chi connectivity index (χ4v) is 4.27. The van der Waals surface area contributed by atoms with Crippen LogP contribution in [0, 0.1) is 11.6 Å². The summed E-state index contributed by atoms with van der Waals surface area (Å²) in [4.78, 5) is 28.6. The van der Waals surface area contributed by atoms with E-state index in [1.165, 1.54) is 30.3 Å². The summed E-state index contributed by atoms with van der Waals surface area (Å²) in [6.07, 6.45) is -4.49. The van der Waals surface area contributed by atoms with Crippen molar-refractivity contribution >= 4 is 23.3 Å². The van der Waals surface area contributed by atoms with Gasteiger partial charge in [0.2, 0.25) is 5.91 Å². The molecule has 0 spiro atoms. The maximum absolute atomic E-state index is 13.2. The van der Waals surface area contributed by atoms with Crippen molar-refractivity contribution < 1.29 is 33.3 Å². The van der Waals surface area contributed by atoms with E-state index in [-0.39, 0.29) is 30.4 Å². The van der Waals surface area contributed by atoms with E-state index in [4.69, 9.17) is 4.74 Å². The summed E-state index contributed by atoms with van der Waals surface area (Å²) in [6.45, 7) is 1.99. The molecule has 2 saturated heterocycles. The van der Waals surface area contributed by atoms with Crippen LogP contribution in [0.15, 0.2) is 48.5 Å². The second-order valence-corrected chi connectivity index (χ2v) is 8.59. The van der Waals surface area contributed by atoms with Gasteiger partial charge >= 0.3 is 6.03 Å². The molecule has 4 unspecified atom stereocenters. The van der Waals surface area contributed by atoms with Gasteiger partial charge in [0, 0.05) is 44.1 Å². The summed E-state index contributed by atoms with van der Waals surface area (Å²) in [6, 6.07) is 10.9. The molecule has 2 aromatic rings. The van der Waals surface area contributed by atoms with Crippen molar-refractivity contribution in [3.05, 3.63) is 60.2 Å². The van der Waals surface area contributed by atoms with E-state index in [0.29, 0.717) is 26.2 Å². The number of halogens is 2. The van der Waals surface area contributed by atoms with E-state index in [1.54, 1.807) is 17.0 Å². The molecule has 2 fully saturated rings. The van der Waals surface area contributed by atoms with Gasteiger partial charge in [-0.3, -0.25) is 4.79 Å². The molecule has 9 nitrogen and oxygen atoms in total. The lowest BCUT2D eigenvalue weighted by atomic mass is 10.0. The molecule has 4 rings (SSSR count). The number of carbonyl (C=O) groups excluding carboxylic acids is 2. The highest BCUT2D eigenvalue weighted by molar-refractivity contribution is 5.89. The van der Waals surface area contributed by atoms with Crippen LogP contribution in [0.4, 0.5) is 25.0 Å². The Morgan fingerprint density at radius 1 is 0.943 bits per heavy atom. The minimum Gasteiger partial charge on any atom is -0.388 e. The summed E-state index contributed by atoms with van der Waals surface area (Å²) in [5.74, 6) is -1.01. The van der Waals surface area contributed by atoms with Crippen LogP contribution >= 0.6 is 0 Å². The number of ether oxygens (including phenoxy) is 1. The summed E-state index contributed by atoms with van der Waals surface area (Å²) < 4.78 is 32.0. The molecule has 4 N–H and O–H groups in total. The van der Waals surface area contributed by atoms with Crippen molar-refractivity contribution in [3.63, 3.8) is 0 Å². The number of benzene rings is 2. The van der Waals surface area contributed by atoms with E-state index in [9.17, 15) is 28.6 Å². The van der Waals surface area contributed by atoms with Crippen LogP contribution in [0.3, 0.4) is 0 Å². The second-order valence-electron chi connectivity index (χ2n) is 8.59. The average molecular weight is 491 g/mol. The summed E-state index contributed by atoms with van der Waals surface area (Å²) in [7, 11) is 0. The van der Waals surface area contributed by atoms with Crippen LogP contribution in [0.2, 0.25) is 0 Å². The SMILES string of the molecule is O=C(NCC1OC(CC(=O)N2CCN(c3ccc(F)cc3)CC2)C(O)C1O)Nc1cccc(F)c1. The number of aliphatic hydroxyl groups excluding tert-OH is 2. The van der Waals surface area contributed by atoms with Gasteiger partial charge in [-0.05, 0) is 42.5 Å². The van der Waals surface area contributed by atoms with Gasteiger partial charge in [-0.1, -0.05) is 6.07 Å². The smallest absolute Gasteiger partial charge is 0.319 e. The van der Waals surface area contributed by atoms with E-state index >= 15 is 0 Å². The van der Waals surface area contributed by atoms with E-state index in [1.807, 2.05) is 0 Å². The Kier molecular flexibility index (Phi) is 7.79. The molecule has 0 aliphatic carbocycles. The molecule has 0 aromatic heterocycles. The van der Waals surface area contributed by atoms with Crippen molar-refractivity contribution in [3.8, 4) is 0 Å². The van der Waals surface area contributed by atoms with Crippen LogP contribution in [-0.2, 0) is 9.53 Å². The Bertz CT molecular complexity index is 1030. The average Bonchev–Trinajstić information content (AvgIpc) is 3.11. The Balaban J connectivity index is 1.22. The zero-order valence-electron chi connectivity index (χ0n) is 18.9. The van der Waals surface area contributed by atoms with Crippen molar-refractivity contribution in [2.24, 2.45) is 0 Å². The van der Waals surface area contributed by atoms with Gasteiger partial charge in [-0.15, -0.1) is 0 Å². The van der Waals surface area contributed by atoms with Crippen LogP contribution in [-0.4, -0.2) is 84.2 Å². The first-order valence-electron chi connectivity index (χ1n) is 11.4. The highest BCUT2D eigenvalue weighted by Gasteiger charge is 2.44. The number of rotatable bonds is 6. The zero-order valence-corrected chi connectivity index (χ0v) is 18.9. The van der Waals surface area contributed by atoms with Crippen LogP contribution in [0.5, 0.6) is 0 Å². The van der Waals surface area contributed by atoms with Gasteiger partial charge in [0.15, 0.2) is 0 Å². The van der Waals surface area contributed by atoms with Gasteiger partial charge < -0.3 is 35.4 Å². The molecule has 188 valence electrons. The lowest BCUT2D eigenvalue weighted by Crippen LogP contribution is -2.49. The van der Waals surface area contributed by atoms with Gasteiger partial charge in [0.25, 0.3) is 0 Å². The number of anilines is 2. The molecule has 3 amide bonds. The van der Waals surface area contributed by atoms with Crippen molar-refractivity contribution in [1.82, 2.24) is 10.2 Å². The molecule has 2 aliphatic heterocycles. The zero-order chi connectivity index (χ0) is 24.9. The predicted molar refractivity (Wildman–Crippen MR) is 124 cm³/mol. The fourth-order valence-electron chi connectivity index (χ4n) is 4.27. The van der Waals surface area contributed by atoms with Crippen LogP contribution in [0.1, 0.15) is 6.42 Å². The normalized spacial score (nSPS) is 24.3. The summed E-state index contributed by atoms with van der Waals surface area (Å²) in [5, 5.41) is 25.7. The van der Waals surface area contributed by atoms with Crippen LogP contribution in [0.25, 0.3) is 0 Å². The third kappa shape index (κ3) is 6.24. The molecule has 2 heterocycles. The predicted octanol–water partition coefficient (Wildman–Crippen LogP) is 1.31. The van der Waals surface area contributed by atoms with Crippen LogP contribution < -0.4 is 15.5 Å². The highest BCUT2D eigenvalue weighted by Crippen LogP contribution is 2.25. The molecule has 4 atom stereocenters. The maximum atomic E-state index is 13.2. The second kappa shape index (κ2) is 11.0. The van der Waals surface area contributed by atoms with Crippen molar-refractivity contribution in [1.29, 1.82) is 0 Å². The minimum absolute atomic E-state index is 0.110. The molecule has 11 heteroatoms. The molecule has 0 saturated carbocycles. The van der Waals surface area contributed by atoms with Crippen molar-refractivity contribution in [2.75, 3.05) is 42.9 Å². The van der Waals surface area contributed by atoms with Gasteiger partial charge in [-0.2, -0.15) is 0 Å². The van der Waals surface area contributed by atoms with Crippen molar-refractivity contribution in [2.45, 2.75) is 30.8 Å². The molecular formula is C24H28F2N4O5. The number of aliphatic hydroxyl groups is 2. The Morgan fingerprint density at radius 2 is 1.63 bits per heavy atom. The molecule has 2 aliphatic rings. The lowest BCUT2D eigenvalue weighted by molar-refractivity contribution is -0.135. The monoisotopic (exact) mass is 490 g/mol. The Hall–Kier alpha value is -3.28. The largest absolute Gasteiger partial charge is 0.388 e. The summed E-state index contributed by atoms with van der Waals surface area (Å²) >= 11 is 0. The lowest BCUT2D eigenvalue weighted by Gasteiger charge is -2.36. The molecule has 0 bridgehead atoms. The first kappa shape index (κ1) is 24.8. The molecule has 0 radical (unpaired) electrons. The van der Waals surface area contributed by atoms with E-state index in [0.717, 1.165) is 11.8 Å². The summed E-state index contributed by atoms with van der Waals surface area (Å²) in [5.41, 5.74) is 1.14. The van der Waals surface area contributed by atoms with Gasteiger partial charge in [0.1, 0.15) is 29.9 Å². The highest BCUT2D eigenvalue weighted by atomic mass is 19.1. The minimum atomic E-state index is -1.28. The number of carbonyl (C=O) groups is 2. The first-order valence-corrected chi connectivity index (χ1v) is 11.4. The number of amides is 3. The number of nitrogens with one attached hydrogen (secondary N) is 2. The first-order chi connectivity index (χ1) is 16.8. The third-order valence-corrected chi connectivity index (χ3v) is 6.21. The number of nitrogens with zero attached hydrogens (tertiary/aromatic N) is 2. The standard InChI is InChI=1S/C24H28F2N4O5/c25-15-4-6-18(7-5-15)29-8-10-30(11-9-29)21(31)13-19-22(32)23(33)20(35-19)14-27-24(34)28-17-3-1-2-16(26)12-17/h1-7,12,19-20,22-23,32-33H,8-11,13-14H2,(H2,27,28,34). The van der Waals surface area contributed by atoms with E-state index < -0.39 is 36.3 Å². The number of piperazine rings is 1. The third-order valence-electron chi connectivity index (χ3n) is 6.21. The Morgan fingerprint density at radius 3 is 2.31 bits per heavy atom. The number of urea groups is 1. The topological polar surface area (TPSA) is 114 Å².